The molecule has 0 aliphatic heterocycles. The molecule has 0 spiro atoms. The molecule has 0 atom stereocenters. The van der Waals surface area contributed by atoms with Crippen LogP contribution in [0.3, 0.4) is 0 Å². The van der Waals surface area contributed by atoms with Crippen molar-refractivity contribution in [2.75, 3.05) is 11.9 Å². The number of rotatable bonds is 3. The van der Waals surface area contributed by atoms with E-state index in [0.29, 0.717) is 5.56 Å². The summed E-state index contributed by atoms with van der Waals surface area (Å²) in [6.07, 6.45) is -1.31. The predicted molar refractivity (Wildman–Crippen MR) is 65.4 cm³/mol. The monoisotopic (exact) mass is 258 g/mol. The maximum absolute atomic E-state index is 13.0. The van der Waals surface area contributed by atoms with E-state index in [9.17, 15) is 13.2 Å². The maximum Gasteiger partial charge on any atom is 0.418 e. The van der Waals surface area contributed by atoms with Crippen molar-refractivity contribution in [3.05, 3.63) is 29.3 Å². The number of hydrogen-bond donors (Lipinski definition) is 1. The average Bonchev–Trinajstić information content (AvgIpc) is 2.24. The molecule has 2 N–H and O–H groups in total. The number of halogens is 3. The van der Waals surface area contributed by atoms with Crippen LogP contribution in [0.25, 0.3) is 0 Å². The average molecular weight is 258 g/mol. The number of nitrogens with two attached hydrogens (primary N) is 1. The Hall–Kier alpha value is -1.23. The summed E-state index contributed by atoms with van der Waals surface area (Å²) in [6, 6.07) is 4.59. The molecule has 2 nitrogen and oxygen atoms in total. The van der Waals surface area contributed by atoms with E-state index in [1.807, 2.05) is 0 Å². The SMILES string of the molecule is CN(c1ccc(CN)cc1C(F)(F)F)C1CCC1. The fourth-order valence-corrected chi connectivity index (χ4v) is 2.22. The molecule has 0 bridgehead atoms. The smallest absolute Gasteiger partial charge is 0.371 e. The van der Waals surface area contributed by atoms with E-state index in [2.05, 4.69) is 0 Å². The van der Waals surface area contributed by atoms with Crippen LogP contribution in [-0.4, -0.2) is 13.1 Å². The number of benzene rings is 1. The lowest BCUT2D eigenvalue weighted by Crippen LogP contribution is -2.38. The molecule has 5 heteroatoms. The molecule has 1 saturated carbocycles. The molecule has 18 heavy (non-hydrogen) atoms. The lowest BCUT2D eigenvalue weighted by molar-refractivity contribution is -0.137. The first-order valence-electron chi connectivity index (χ1n) is 6.06. The Labute approximate surface area is 105 Å². The van der Waals surface area contributed by atoms with Crippen LogP contribution in [-0.2, 0) is 12.7 Å². The Bertz CT molecular complexity index is 425. The van der Waals surface area contributed by atoms with Gasteiger partial charge in [0, 0.05) is 25.3 Å². The van der Waals surface area contributed by atoms with E-state index in [4.69, 9.17) is 5.73 Å². The highest BCUT2D eigenvalue weighted by Gasteiger charge is 2.36. The molecule has 2 rings (SSSR count). The third kappa shape index (κ3) is 2.46. The van der Waals surface area contributed by atoms with Crippen molar-refractivity contribution < 1.29 is 13.2 Å². The topological polar surface area (TPSA) is 29.3 Å². The third-order valence-corrected chi connectivity index (χ3v) is 3.60. The van der Waals surface area contributed by atoms with Crippen molar-refractivity contribution >= 4 is 5.69 Å². The van der Waals surface area contributed by atoms with Crippen molar-refractivity contribution in [3.8, 4) is 0 Å². The quantitative estimate of drug-likeness (QED) is 0.902. The van der Waals surface area contributed by atoms with Gasteiger partial charge in [-0.1, -0.05) is 6.07 Å². The second-order valence-corrected chi connectivity index (χ2v) is 4.75. The lowest BCUT2D eigenvalue weighted by Gasteiger charge is -2.37. The summed E-state index contributed by atoms with van der Waals surface area (Å²) in [5, 5.41) is 0. The van der Waals surface area contributed by atoms with E-state index in [-0.39, 0.29) is 18.3 Å². The Morgan fingerprint density at radius 2 is 2.00 bits per heavy atom. The van der Waals surface area contributed by atoms with Crippen LogP contribution in [0.5, 0.6) is 0 Å². The van der Waals surface area contributed by atoms with Crippen LogP contribution < -0.4 is 10.6 Å². The number of alkyl halides is 3. The number of anilines is 1. The van der Waals surface area contributed by atoms with Crippen molar-refractivity contribution in [3.63, 3.8) is 0 Å². The summed E-state index contributed by atoms with van der Waals surface area (Å²) >= 11 is 0. The van der Waals surface area contributed by atoms with Gasteiger partial charge in [-0.3, -0.25) is 0 Å². The van der Waals surface area contributed by atoms with Gasteiger partial charge in [0.1, 0.15) is 0 Å². The Morgan fingerprint density at radius 3 is 2.44 bits per heavy atom. The van der Waals surface area contributed by atoms with E-state index in [0.717, 1.165) is 25.3 Å². The summed E-state index contributed by atoms with van der Waals surface area (Å²) < 4.78 is 39.1. The standard InChI is InChI=1S/C13H17F3N2/c1-18(10-3-2-4-10)12-6-5-9(8-17)7-11(12)13(14,15)16/h5-7,10H,2-4,8,17H2,1H3. The summed E-state index contributed by atoms with van der Waals surface area (Å²) in [6.45, 7) is 0.122. The van der Waals surface area contributed by atoms with E-state index in [1.54, 1.807) is 18.0 Å². The molecule has 1 aromatic rings. The molecule has 1 fully saturated rings. The third-order valence-electron chi connectivity index (χ3n) is 3.60. The van der Waals surface area contributed by atoms with Crippen molar-refractivity contribution in [2.45, 2.75) is 38.0 Å². The Morgan fingerprint density at radius 1 is 1.33 bits per heavy atom. The summed E-state index contributed by atoms with van der Waals surface area (Å²) in [4.78, 5) is 1.74. The Balaban J connectivity index is 2.38. The van der Waals surface area contributed by atoms with Crippen LogP contribution in [0.4, 0.5) is 18.9 Å². The maximum atomic E-state index is 13.0. The molecule has 0 radical (unpaired) electrons. The van der Waals surface area contributed by atoms with Crippen LogP contribution in [0.15, 0.2) is 18.2 Å². The summed E-state index contributed by atoms with van der Waals surface area (Å²) in [5.74, 6) is 0. The van der Waals surface area contributed by atoms with E-state index in [1.165, 1.54) is 6.07 Å². The molecular weight excluding hydrogens is 241 g/mol. The molecule has 1 aromatic carbocycles. The summed E-state index contributed by atoms with van der Waals surface area (Å²) in [5.41, 5.74) is 5.58. The van der Waals surface area contributed by atoms with Crippen molar-refractivity contribution in [1.82, 2.24) is 0 Å². The first-order valence-corrected chi connectivity index (χ1v) is 6.06. The van der Waals surface area contributed by atoms with Crippen molar-refractivity contribution in [1.29, 1.82) is 0 Å². The van der Waals surface area contributed by atoms with Gasteiger partial charge < -0.3 is 10.6 Å². The molecule has 0 heterocycles. The molecule has 0 unspecified atom stereocenters. The first kappa shape index (κ1) is 13.2. The second kappa shape index (κ2) is 4.80. The van der Waals surface area contributed by atoms with Crippen LogP contribution in [0.1, 0.15) is 30.4 Å². The normalized spacial score (nSPS) is 16.5. The fraction of sp³-hybridized carbons (Fsp3) is 0.538. The Kier molecular flexibility index (Phi) is 3.52. The highest BCUT2D eigenvalue weighted by atomic mass is 19.4. The molecule has 0 aromatic heterocycles. The zero-order chi connectivity index (χ0) is 13.3. The van der Waals surface area contributed by atoms with Gasteiger partial charge in [0.25, 0.3) is 0 Å². The predicted octanol–water partition coefficient (Wildman–Crippen LogP) is 3.15. The molecule has 1 aliphatic rings. The van der Waals surface area contributed by atoms with E-state index >= 15 is 0 Å². The largest absolute Gasteiger partial charge is 0.418 e. The molecule has 1 aliphatic carbocycles. The zero-order valence-corrected chi connectivity index (χ0v) is 10.3. The van der Waals surface area contributed by atoms with Crippen LogP contribution in [0, 0.1) is 0 Å². The fourth-order valence-electron chi connectivity index (χ4n) is 2.22. The van der Waals surface area contributed by atoms with Gasteiger partial charge in [0.15, 0.2) is 0 Å². The van der Waals surface area contributed by atoms with Crippen molar-refractivity contribution in [2.24, 2.45) is 5.73 Å². The van der Waals surface area contributed by atoms with Gasteiger partial charge in [-0.25, -0.2) is 0 Å². The molecule has 0 saturated heterocycles. The highest BCUT2D eigenvalue weighted by molar-refractivity contribution is 5.57. The van der Waals surface area contributed by atoms with Gasteiger partial charge in [0.05, 0.1) is 5.56 Å². The van der Waals surface area contributed by atoms with E-state index < -0.39 is 11.7 Å². The zero-order valence-electron chi connectivity index (χ0n) is 10.3. The van der Waals surface area contributed by atoms with Gasteiger partial charge in [-0.15, -0.1) is 0 Å². The minimum absolute atomic E-state index is 0.122. The molecule has 0 amide bonds. The lowest BCUT2D eigenvalue weighted by atomic mass is 9.91. The van der Waals surface area contributed by atoms with Gasteiger partial charge in [0.2, 0.25) is 0 Å². The highest BCUT2D eigenvalue weighted by Crippen LogP contribution is 2.39. The van der Waals surface area contributed by atoms with Crippen LogP contribution in [0.2, 0.25) is 0 Å². The van der Waals surface area contributed by atoms with Gasteiger partial charge >= 0.3 is 6.18 Å². The first-order chi connectivity index (χ1) is 8.43. The number of hydrogen-bond acceptors (Lipinski definition) is 2. The minimum atomic E-state index is -4.33. The van der Waals surface area contributed by atoms with Gasteiger partial charge in [-0.05, 0) is 37.0 Å². The summed E-state index contributed by atoms with van der Waals surface area (Å²) in [7, 11) is 1.73. The number of nitrogens with zero attached hydrogens (tertiary/aromatic N) is 1. The molecular formula is C13H17F3N2. The minimum Gasteiger partial charge on any atom is -0.371 e. The van der Waals surface area contributed by atoms with Gasteiger partial charge in [-0.2, -0.15) is 13.2 Å². The van der Waals surface area contributed by atoms with Crippen LogP contribution >= 0.6 is 0 Å². The second-order valence-electron chi connectivity index (χ2n) is 4.75. The molecule has 100 valence electrons.